The number of hydrogen-bond acceptors (Lipinski definition) is 4. The molecule has 0 spiro atoms. The van der Waals surface area contributed by atoms with E-state index in [2.05, 4.69) is 13.0 Å². The summed E-state index contributed by atoms with van der Waals surface area (Å²) in [6.45, 7) is 4.95. The fourth-order valence-corrected chi connectivity index (χ4v) is 3.89. The minimum absolute atomic E-state index is 0.421. The Morgan fingerprint density at radius 2 is 1.86 bits per heavy atom. The van der Waals surface area contributed by atoms with Gasteiger partial charge in [-0.1, -0.05) is 35.9 Å². The normalized spacial score (nSPS) is 11.8. The summed E-state index contributed by atoms with van der Waals surface area (Å²) in [6, 6.07) is 17.4. The molecule has 1 aromatic heterocycles. The second-order valence-corrected chi connectivity index (χ2v) is 7.70. The van der Waals surface area contributed by atoms with Crippen LogP contribution in [0.3, 0.4) is 0 Å². The Hall–Kier alpha value is -2.79. The summed E-state index contributed by atoms with van der Waals surface area (Å²) in [7, 11) is 0. The van der Waals surface area contributed by atoms with Gasteiger partial charge in [0.15, 0.2) is 0 Å². The third kappa shape index (κ3) is 5.36. The monoisotopic (exact) mass is 396 g/mol. The van der Waals surface area contributed by atoms with Gasteiger partial charge in [0.25, 0.3) is 0 Å². The zero-order chi connectivity index (χ0) is 19.9. The van der Waals surface area contributed by atoms with Gasteiger partial charge in [-0.3, -0.25) is 4.79 Å². The molecule has 1 atom stereocenters. The van der Waals surface area contributed by atoms with Crippen LogP contribution in [0.15, 0.2) is 60.0 Å². The predicted molar refractivity (Wildman–Crippen MR) is 112 cm³/mol. The molecule has 2 aromatic carbocycles. The van der Waals surface area contributed by atoms with Crippen molar-refractivity contribution in [3.8, 4) is 11.5 Å². The van der Waals surface area contributed by atoms with Gasteiger partial charge in [-0.15, -0.1) is 11.3 Å². The number of carboxylic acid groups (broad SMARTS) is 1. The van der Waals surface area contributed by atoms with E-state index in [0.717, 1.165) is 27.5 Å². The molecule has 1 heterocycles. The van der Waals surface area contributed by atoms with Gasteiger partial charge >= 0.3 is 5.97 Å². The summed E-state index contributed by atoms with van der Waals surface area (Å²) in [4.78, 5) is 12.5. The zero-order valence-corrected chi connectivity index (χ0v) is 16.9. The number of aliphatic carboxylic acids is 1. The van der Waals surface area contributed by atoms with Crippen LogP contribution in [0.1, 0.15) is 27.5 Å². The molecular formula is C23H24O4S. The first-order valence-corrected chi connectivity index (χ1v) is 10.1. The van der Waals surface area contributed by atoms with Gasteiger partial charge in [-0.25, -0.2) is 0 Å². The van der Waals surface area contributed by atoms with E-state index in [0.29, 0.717) is 19.6 Å². The first-order valence-electron chi connectivity index (χ1n) is 9.21. The van der Waals surface area contributed by atoms with Crippen LogP contribution in [0.4, 0.5) is 0 Å². The van der Waals surface area contributed by atoms with Crippen molar-refractivity contribution in [1.82, 2.24) is 0 Å². The van der Waals surface area contributed by atoms with Crippen LogP contribution >= 0.6 is 11.3 Å². The molecular weight excluding hydrogens is 372 g/mol. The molecule has 0 saturated carbocycles. The van der Waals surface area contributed by atoms with Crippen molar-refractivity contribution in [2.75, 3.05) is 13.2 Å². The van der Waals surface area contributed by atoms with Crippen molar-refractivity contribution in [3.05, 3.63) is 81.5 Å². The number of aryl methyl sites for hydroxylation is 2. The van der Waals surface area contributed by atoms with Gasteiger partial charge in [0, 0.05) is 4.88 Å². The maximum absolute atomic E-state index is 11.6. The first-order chi connectivity index (χ1) is 13.5. The van der Waals surface area contributed by atoms with E-state index >= 15 is 0 Å². The van der Waals surface area contributed by atoms with E-state index in [-0.39, 0.29) is 0 Å². The molecule has 0 aliphatic carbocycles. The molecule has 1 N–H and O–H groups in total. The summed E-state index contributed by atoms with van der Waals surface area (Å²) in [5, 5.41) is 11.5. The van der Waals surface area contributed by atoms with Crippen molar-refractivity contribution in [2.45, 2.75) is 26.2 Å². The number of benzene rings is 2. The molecule has 0 bridgehead atoms. The summed E-state index contributed by atoms with van der Waals surface area (Å²) in [6.07, 6.45) is 0.437. The highest BCUT2D eigenvalue weighted by Gasteiger charge is 2.21. The van der Waals surface area contributed by atoms with Gasteiger partial charge in [-0.05, 0) is 61.0 Å². The highest BCUT2D eigenvalue weighted by molar-refractivity contribution is 7.10. The van der Waals surface area contributed by atoms with E-state index in [1.54, 1.807) is 0 Å². The highest BCUT2D eigenvalue weighted by Crippen LogP contribution is 2.27. The lowest BCUT2D eigenvalue weighted by Crippen LogP contribution is -2.13. The molecule has 0 fully saturated rings. The second kappa shape index (κ2) is 9.42. The summed E-state index contributed by atoms with van der Waals surface area (Å²) in [5.41, 5.74) is 3.25. The molecule has 0 saturated heterocycles. The first kappa shape index (κ1) is 20.0. The Kier molecular flexibility index (Phi) is 6.71. The van der Waals surface area contributed by atoms with E-state index in [1.807, 2.05) is 60.8 Å². The predicted octanol–water partition coefficient (Wildman–Crippen LogP) is 5.23. The van der Waals surface area contributed by atoms with Crippen molar-refractivity contribution in [3.63, 3.8) is 0 Å². The Balaban J connectivity index is 1.55. The van der Waals surface area contributed by atoms with Crippen LogP contribution in [0.2, 0.25) is 0 Å². The maximum Gasteiger partial charge on any atom is 0.312 e. The Morgan fingerprint density at radius 3 is 2.57 bits per heavy atom. The summed E-state index contributed by atoms with van der Waals surface area (Å²) in [5.74, 6) is 0.235. The molecule has 1 unspecified atom stereocenters. The lowest BCUT2D eigenvalue weighted by atomic mass is 9.98. The minimum Gasteiger partial charge on any atom is -0.490 e. The quantitative estimate of drug-likeness (QED) is 0.503. The Morgan fingerprint density at radius 1 is 1.04 bits per heavy atom. The Labute approximate surface area is 169 Å². The van der Waals surface area contributed by atoms with E-state index in [1.165, 1.54) is 16.9 Å². The third-order valence-corrected chi connectivity index (χ3v) is 5.45. The molecule has 146 valence electrons. The van der Waals surface area contributed by atoms with E-state index in [9.17, 15) is 9.90 Å². The van der Waals surface area contributed by atoms with Crippen LogP contribution < -0.4 is 9.47 Å². The van der Waals surface area contributed by atoms with Crippen LogP contribution in [-0.4, -0.2) is 24.3 Å². The summed E-state index contributed by atoms with van der Waals surface area (Å²) >= 11 is 1.47. The topological polar surface area (TPSA) is 55.8 Å². The highest BCUT2D eigenvalue weighted by atomic mass is 32.1. The van der Waals surface area contributed by atoms with Gasteiger partial charge in [0.1, 0.15) is 24.7 Å². The smallest absolute Gasteiger partial charge is 0.312 e. The number of thiophene rings is 1. The zero-order valence-electron chi connectivity index (χ0n) is 16.1. The van der Waals surface area contributed by atoms with Crippen LogP contribution in [-0.2, 0) is 11.2 Å². The van der Waals surface area contributed by atoms with E-state index in [4.69, 9.17) is 9.47 Å². The van der Waals surface area contributed by atoms with Crippen molar-refractivity contribution < 1.29 is 19.4 Å². The molecule has 0 aliphatic heterocycles. The lowest BCUT2D eigenvalue weighted by molar-refractivity contribution is -0.138. The number of ether oxygens (including phenoxy) is 2. The Bertz CT molecular complexity index is 918. The van der Waals surface area contributed by atoms with Gasteiger partial charge in [0.05, 0.1) is 5.92 Å². The van der Waals surface area contributed by atoms with Crippen molar-refractivity contribution in [1.29, 1.82) is 0 Å². The molecule has 28 heavy (non-hydrogen) atoms. The molecule has 5 heteroatoms. The van der Waals surface area contributed by atoms with Gasteiger partial charge in [0.2, 0.25) is 0 Å². The number of carboxylic acids is 1. The second-order valence-electron chi connectivity index (χ2n) is 6.72. The van der Waals surface area contributed by atoms with Crippen molar-refractivity contribution >= 4 is 17.3 Å². The SMILES string of the molecule is Cc1ccc(OCCOc2cccc(CC(C(=O)O)c3cccs3)c2)c(C)c1. The number of hydrogen-bond donors (Lipinski definition) is 1. The van der Waals surface area contributed by atoms with Crippen molar-refractivity contribution in [2.24, 2.45) is 0 Å². The maximum atomic E-state index is 11.6. The van der Waals surface area contributed by atoms with Gasteiger partial charge < -0.3 is 14.6 Å². The fourth-order valence-electron chi connectivity index (χ4n) is 3.07. The van der Waals surface area contributed by atoms with Crippen LogP contribution in [0, 0.1) is 13.8 Å². The van der Waals surface area contributed by atoms with Gasteiger partial charge in [-0.2, -0.15) is 0 Å². The van der Waals surface area contributed by atoms with Crippen LogP contribution in [0.25, 0.3) is 0 Å². The number of carbonyl (C=O) groups is 1. The average molecular weight is 397 g/mol. The average Bonchev–Trinajstić information content (AvgIpc) is 3.19. The van der Waals surface area contributed by atoms with Crippen LogP contribution in [0.5, 0.6) is 11.5 Å². The number of rotatable bonds is 9. The summed E-state index contributed by atoms with van der Waals surface area (Å²) < 4.78 is 11.6. The molecule has 4 nitrogen and oxygen atoms in total. The molecule has 3 rings (SSSR count). The molecule has 0 aliphatic rings. The largest absolute Gasteiger partial charge is 0.490 e. The molecule has 3 aromatic rings. The third-order valence-electron chi connectivity index (χ3n) is 4.46. The minimum atomic E-state index is -0.810. The van der Waals surface area contributed by atoms with E-state index < -0.39 is 11.9 Å². The molecule has 0 radical (unpaired) electrons. The fraction of sp³-hybridized carbons (Fsp3) is 0.261. The molecule has 0 amide bonds. The standard InChI is InChI=1S/C23H24O4S/c1-16-8-9-21(17(2)13-16)27-11-10-26-19-6-3-5-18(14-19)15-20(23(24)25)22-7-4-12-28-22/h3-9,12-14,20H,10-11,15H2,1-2H3,(H,24,25). The lowest BCUT2D eigenvalue weighted by Gasteiger charge is -2.13.